The van der Waals surface area contributed by atoms with Crippen LogP contribution in [-0.2, 0) is 14.3 Å². The highest BCUT2D eigenvalue weighted by atomic mass is 19.1. The summed E-state index contributed by atoms with van der Waals surface area (Å²) in [5.41, 5.74) is 1.81. The number of ether oxygens (including phenoxy) is 2. The first-order chi connectivity index (χ1) is 20.9. The van der Waals surface area contributed by atoms with Crippen LogP contribution in [-0.4, -0.2) is 120 Å². The molecule has 3 fully saturated rings. The minimum atomic E-state index is -0.791. The molecule has 2 aromatic heterocycles. The van der Waals surface area contributed by atoms with Crippen LogP contribution in [0.2, 0.25) is 0 Å². The molecule has 3 aliphatic heterocycles. The molecule has 13 heteroatoms. The number of halogens is 1. The summed E-state index contributed by atoms with van der Waals surface area (Å²) in [6.07, 6.45) is 1.88. The Balaban J connectivity index is 1.18. The molecule has 230 valence electrons. The predicted octanol–water partition coefficient (Wildman–Crippen LogP) is 2.16. The zero-order chi connectivity index (χ0) is 29.8. The van der Waals surface area contributed by atoms with Gasteiger partial charge in [-0.2, -0.15) is 0 Å². The normalized spacial score (nSPS) is 23.5. The molecule has 43 heavy (non-hydrogen) atoms. The second-order valence-electron chi connectivity index (χ2n) is 11.8. The number of rotatable bonds is 9. The summed E-state index contributed by atoms with van der Waals surface area (Å²) < 4.78 is 26.0. The lowest BCUT2D eigenvalue weighted by atomic mass is 9.90. The van der Waals surface area contributed by atoms with E-state index in [9.17, 15) is 9.18 Å². The molecule has 12 nitrogen and oxygen atoms in total. The number of amides is 1. The number of carbonyl (C=O) groups excluding carboxylic acids is 1. The number of hydrogen-bond donors (Lipinski definition) is 3. The number of aromatic amines is 1. The fraction of sp³-hybridized carbons (Fsp3) is 0.533. The van der Waals surface area contributed by atoms with E-state index >= 15 is 0 Å². The van der Waals surface area contributed by atoms with Crippen molar-refractivity contribution in [2.75, 3.05) is 84.6 Å². The standard InChI is InChI=1S/C30H40FN9O3/c1-30(28(41)40-16-14-38(2)15-17-40)18-42-27(43-19-30)26-36-24(21-4-6-22(31)7-5-21)25(37-26)23-8-10-34-29(35-23)33-9-3-12-39-13-11-32-20-39/h4-8,10,27,32H,3,9,11-20H2,1-2H3,(H,36,37)(H,33,34,35). The largest absolute Gasteiger partial charge is 0.354 e. The van der Waals surface area contributed by atoms with Crippen molar-refractivity contribution in [1.82, 2.24) is 40.0 Å². The number of carbonyl (C=O) groups is 1. The number of aromatic nitrogens is 4. The summed E-state index contributed by atoms with van der Waals surface area (Å²) in [7, 11) is 2.06. The molecule has 3 aromatic rings. The van der Waals surface area contributed by atoms with Gasteiger partial charge in [-0.25, -0.2) is 19.3 Å². The average Bonchev–Trinajstić information content (AvgIpc) is 3.71. The summed E-state index contributed by atoms with van der Waals surface area (Å²) in [5.74, 6) is 0.684. The zero-order valence-electron chi connectivity index (χ0n) is 24.8. The lowest BCUT2D eigenvalue weighted by Crippen LogP contribution is -2.55. The summed E-state index contributed by atoms with van der Waals surface area (Å²) in [4.78, 5) is 37.2. The Morgan fingerprint density at radius 2 is 1.86 bits per heavy atom. The Morgan fingerprint density at radius 3 is 2.58 bits per heavy atom. The molecule has 3 saturated heterocycles. The van der Waals surface area contributed by atoms with Crippen molar-refractivity contribution in [1.29, 1.82) is 0 Å². The van der Waals surface area contributed by atoms with Gasteiger partial charge in [0, 0.05) is 70.8 Å². The molecule has 0 spiro atoms. The molecular formula is C30H40FN9O3. The Bertz CT molecular complexity index is 1380. The van der Waals surface area contributed by atoms with Gasteiger partial charge in [0.25, 0.3) is 0 Å². The molecule has 3 N–H and O–H groups in total. The number of nitrogens with zero attached hydrogens (tertiary/aromatic N) is 6. The lowest BCUT2D eigenvalue weighted by molar-refractivity contribution is -0.234. The van der Waals surface area contributed by atoms with Crippen LogP contribution in [0, 0.1) is 11.2 Å². The maximum Gasteiger partial charge on any atom is 0.233 e. The maximum atomic E-state index is 13.8. The third-order valence-electron chi connectivity index (χ3n) is 8.26. The van der Waals surface area contributed by atoms with Gasteiger partial charge in [-0.1, -0.05) is 0 Å². The molecule has 3 aliphatic rings. The quantitative estimate of drug-likeness (QED) is 0.318. The smallest absolute Gasteiger partial charge is 0.233 e. The second kappa shape index (κ2) is 13.0. The van der Waals surface area contributed by atoms with Crippen molar-refractivity contribution in [3.63, 3.8) is 0 Å². The molecule has 1 aromatic carbocycles. The highest BCUT2D eigenvalue weighted by molar-refractivity contribution is 5.83. The summed E-state index contributed by atoms with van der Waals surface area (Å²) in [6.45, 7) is 10.2. The highest BCUT2D eigenvalue weighted by Gasteiger charge is 2.43. The topological polar surface area (TPSA) is 124 Å². The summed E-state index contributed by atoms with van der Waals surface area (Å²) in [6, 6.07) is 7.97. The molecule has 0 saturated carbocycles. The van der Waals surface area contributed by atoms with E-state index in [1.807, 2.05) is 11.8 Å². The van der Waals surface area contributed by atoms with Crippen LogP contribution in [0.25, 0.3) is 22.6 Å². The number of imidazole rings is 1. The number of likely N-dealkylation sites (N-methyl/N-ethyl adjacent to an activating group) is 1. The molecule has 5 heterocycles. The van der Waals surface area contributed by atoms with Gasteiger partial charge in [0.15, 0.2) is 5.82 Å². The molecular weight excluding hydrogens is 553 g/mol. The van der Waals surface area contributed by atoms with E-state index in [4.69, 9.17) is 19.4 Å². The fourth-order valence-corrected chi connectivity index (χ4v) is 5.62. The van der Waals surface area contributed by atoms with Gasteiger partial charge >= 0.3 is 0 Å². The van der Waals surface area contributed by atoms with E-state index in [1.54, 1.807) is 24.4 Å². The van der Waals surface area contributed by atoms with Crippen molar-refractivity contribution < 1.29 is 18.7 Å². The third kappa shape index (κ3) is 6.86. The average molecular weight is 594 g/mol. The van der Waals surface area contributed by atoms with E-state index in [2.05, 4.69) is 37.4 Å². The Kier molecular flexibility index (Phi) is 8.96. The van der Waals surface area contributed by atoms with Crippen LogP contribution in [0.1, 0.15) is 25.5 Å². The third-order valence-corrected chi connectivity index (χ3v) is 8.26. The zero-order valence-corrected chi connectivity index (χ0v) is 24.8. The van der Waals surface area contributed by atoms with E-state index < -0.39 is 11.7 Å². The number of benzene rings is 1. The first kappa shape index (κ1) is 29.6. The Labute approximate surface area is 251 Å². The predicted molar refractivity (Wildman–Crippen MR) is 159 cm³/mol. The molecule has 0 unspecified atom stereocenters. The number of anilines is 1. The molecule has 0 radical (unpaired) electrons. The van der Waals surface area contributed by atoms with E-state index in [1.165, 1.54) is 12.1 Å². The molecule has 6 rings (SSSR count). The highest BCUT2D eigenvalue weighted by Crippen LogP contribution is 2.36. The van der Waals surface area contributed by atoms with Crippen LogP contribution in [0.3, 0.4) is 0 Å². The van der Waals surface area contributed by atoms with Crippen molar-refractivity contribution in [2.24, 2.45) is 5.41 Å². The molecule has 1 amide bonds. The van der Waals surface area contributed by atoms with Crippen molar-refractivity contribution in [3.05, 3.63) is 48.2 Å². The van der Waals surface area contributed by atoms with Crippen molar-refractivity contribution in [3.8, 4) is 22.6 Å². The Morgan fingerprint density at radius 1 is 1.09 bits per heavy atom. The first-order valence-corrected chi connectivity index (χ1v) is 15.0. The minimum Gasteiger partial charge on any atom is -0.354 e. The summed E-state index contributed by atoms with van der Waals surface area (Å²) in [5, 5.41) is 6.67. The van der Waals surface area contributed by atoms with Crippen molar-refractivity contribution >= 4 is 11.9 Å². The molecule has 0 atom stereocenters. The van der Waals surface area contributed by atoms with Gasteiger partial charge in [0.2, 0.25) is 18.1 Å². The monoisotopic (exact) mass is 593 g/mol. The van der Waals surface area contributed by atoms with Gasteiger partial charge in [0.1, 0.15) is 5.82 Å². The van der Waals surface area contributed by atoms with Gasteiger partial charge in [-0.3, -0.25) is 9.69 Å². The second-order valence-corrected chi connectivity index (χ2v) is 11.8. The first-order valence-electron chi connectivity index (χ1n) is 15.0. The molecule has 0 bridgehead atoms. The number of H-pyrrole nitrogens is 1. The van der Waals surface area contributed by atoms with Crippen LogP contribution in [0.15, 0.2) is 36.5 Å². The van der Waals surface area contributed by atoms with E-state index in [-0.39, 0.29) is 24.9 Å². The van der Waals surface area contributed by atoms with Crippen LogP contribution in [0.4, 0.5) is 10.3 Å². The minimum absolute atomic E-state index is 0.0456. The number of piperazine rings is 1. The number of nitrogens with one attached hydrogen (secondary N) is 3. The van der Waals surface area contributed by atoms with Crippen molar-refractivity contribution in [2.45, 2.75) is 19.6 Å². The maximum absolute atomic E-state index is 13.8. The van der Waals surface area contributed by atoms with Gasteiger partial charge in [-0.05, 0) is 50.7 Å². The number of hydrogen-bond acceptors (Lipinski definition) is 10. The Hall–Kier alpha value is -3.49. The lowest BCUT2D eigenvalue weighted by Gasteiger charge is -2.41. The van der Waals surface area contributed by atoms with Gasteiger partial charge in [-0.15, -0.1) is 0 Å². The van der Waals surface area contributed by atoms with E-state index in [0.29, 0.717) is 41.9 Å². The van der Waals surface area contributed by atoms with Crippen LogP contribution < -0.4 is 10.6 Å². The fourth-order valence-electron chi connectivity index (χ4n) is 5.62. The van der Waals surface area contributed by atoms with E-state index in [0.717, 1.165) is 57.9 Å². The van der Waals surface area contributed by atoms with Gasteiger partial charge < -0.3 is 34.9 Å². The van der Waals surface area contributed by atoms with Crippen LogP contribution in [0.5, 0.6) is 0 Å². The van der Waals surface area contributed by atoms with Gasteiger partial charge in [0.05, 0.1) is 35.7 Å². The van der Waals surface area contributed by atoms with Crippen LogP contribution >= 0.6 is 0 Å². The summed E-state index contributed by atoms with van der Waals surface area (Å²) >= 11 is 0. The SMILES string of the molecule is CN1CCN(C(=O)C2(C)COC(c3nc(-c4ccc(F)cc4)c(-c4ccnc(NCCCN5CCNC5)n4)[nH]3)OC2)CC1. The molecule has 0 aliphatic carbocycles.